The molecular formula is C14H13FN2OS. The highest BCUT2D eigenvalue weighted by Crippen LogP contribution is 2.28. The van der Waals surface area contributed by atoms with Gasteiger partial charge in [0, 0.05) is 11.5 Å². The van der Waals surface area contributed by atoms with Gasteiger partial charge in [-0.25, -0.2) is 4.39 Å². The molecule has 1 aromatic heterocycles. The first-order chi connectivity index (χ1) is 9.26. The van der Waals surface area contributed by atoms with E-state index in [0.717, 1.165) is 4.88 Å². The zero-order valence-electron chi connectivity index (χ0n) is 10.1. The van der Waals surface area contributed by atoms with E-state index in [4.69, 9.17) is 10.4 Å². The summed E-state index contributed by atoms with van der Waals surface area (Å²) in [5.74, 6) is -0.540. The minimum Gasteiger partial charge on any atom is -0.396 e. The van der Waals surface area contributed by atoms with Crippen molar-refractivity contribution in [3.05, 3.63) is 52.0 Å². The molecule has 0 spiro atoms. The van der Waals surface area contributed by atoms with Gasteiger partial charge in [-0.05, 0) is 30.0 Å². The lowest BCUT2D eigenvalue weighted by Crippen LogP contribution is -2.12. The van der Waals surface area contributed by atoms with Gasteiger partial charge in [-0.3, -0.25) is 0 Å². The minimum atomic E-state index is -0.540. The summed E-state index contributed by atoms with van der Waals surface area (Å²) in [6.45, 7) is 0.0206. The maximum absolute atomic E-state index is 13.5. The Morgan fingerprint density at radius 1 is 1.37 bits per heavy atom. The highest BCUT2D eigenvalue weighted by atomic mass is 32.1. The topological polar surface area (TPSA) is 56.0 Å². The van der Waals surface area contributed by atoms with Gasteiger partial charge in [-0.2, -0.15) is 5.26 Å². The normalized spacial score (nSPS) is 11.8. The van der Waals surface area contributed by atoms with Gasteiger partial charge >= 0.3 is 0 Å². The van der Waals surface area contributed by atoms with E-state index < -0.39 is 5.82 Å². The summed E-state index contributed by atoms with van der Waals surface area (Å²) in [6.07, 6.45) is 0.502. The number of nitriles is 1. The van der Waals surface area contributed by atoms with Crippen molar-refractivity contribution in [1.82, 2.24) is 0 Å². The van der Waals surface area contributed by atoms with Crippen LogP contribution in [0.15, 0.2) is 35.7 Å². The van der Waals surface area contributed by atoms with Gasteiger partial charge in [0.15, 0.2) is 0 Å². The molecule has 0 aliphatic carbocycles. The molecule has 2 N–H and O–H groups in total. The second-order valence-electron chi connectivity index (χ2n) is 4.00. The number of aliphatic hydroxyl groups excluding tert-OH is 1. The van der Waals surface area contributed by atoms with Crippen LogP contribution in [-0.2, 0) is 0 Å². The molecule has 5 heteroatoms. The molecule has 0 saturated carbocycles. The van der Waals surface area contributed by atoms with Crippen molar-refractivity contribution in [2.24, 2.45) is 0 Å². The molecule has 98 valence electrons. The first-order valence-corrected chi connectivity index (χ1v) is 6.73. The molecule has 1 atom stereocenters. The SMILES string of the molecule is N#Cc1c(F)cccc1NC(CCO)c1cccs1. The van der Waals surface area contributed by atoms with E-state index in [1.807, 2.05) is 23.6 Å². The molecule has 1 aromatic carbocycles. The molecule has 1 heterocycles. The number of rotatable bonds is 5. The van der Waals surface area contributed by atoms with Crippen molar-refractivity contribution < 1.29 is 9.50 Å². The van der Waals surface area contributed by atoms with Crippen LogP contribution >= 0.6 is 11.3 Å². The van der Waals surface area contributed by atoms with Crippen LogP contribution in [-0.4, -0.2) is 11.7 Å². The van der Waals surface area contributed by atoms with Gasteiger partial charge in [0.25, 0.3) is 0 Å². The van der Waals surface area contributed by atoms with Crippen LogP contribution in [0.2, 0.25) is 0 Å². The molecule has 0 amide bonds. The summed E-state index contributed by atoms with van der Waals surface area (Å²) >= 11 is 1.56. The first-order valence-electron chi connectivity index (χ1n) is 5.85. The minimum absolute atomic E-state index is 0.00185. The van der Waals surface area contributed by atoms with E-state index in [9.17, 15) is 4.39 Å². The van der Waals surface area contributed by atoms with Crippen molar-refractivity contribution in [3.63, 3.8) is 0 Å². The number of hydrogen-bond donors (Lipinski definition) is 2. The fourth-order valence-corrected chi connectivity index (χ4v) is 2.66. The monoisotopic (exact) mass is 276 g/mol. The fraction of sp³-hybridized carbons (Fsp3) is 0.214. The van der Waals surface area contributed by atoms with Crippen LogP contribution < -0.4 is 5.32 Å². The fourth-order valence-electron chi connectivity index (χ4n) is 1.85. The molecule has 0 bridgehead atoms. The Balaban J connectivity index is 2.28. The second kappa shape index (κ2) is 6.32. The maximum Gasteiger partial charge on any atom is 0.143 e. The quantitative estimate of drug-likeness (QED) is 0.881. The molecule has 0 radical (unpaired) electrons. The van der Waals surface area contributed by atoms with Crippen molar-refractivity contribution in [3.8, 4) is 6.07 Å². The maximum atomic E-state index is 13.5. The van der Waals surface area contributed by atoms with Crippen molar-refractivity contribution in [2.45, 2.75) is 12.5 Å². The number of hydrogen-bond acceptors (Lipinski definition) is 4. The van der Waals surface area contributed by atoms with Crippen LogP contribution in [0, 0.1) is 17.1 Å². The van der Waals surface area contributed by atoms with Gasteiger partial charge in [0.05, 0.1) is 11.7 Å². The van der Waals surface area contributed by atoms with Gasteiger partial charge in [0.2, 0.25) is 0 Å². The smallest absolute Gasteiger partial charge is 0.143 e. The van der Waals surface area contributed by atoms with Crippen LogP contribution in [0.5, 0.6) is 0 Å². The highest BCUT2D eigenvalue weighted by molar-refractivity contribution is 7.10. The van der Waals surface area contributed by atoms with E-state index in [1.54, 1.807) is 23.5 Å². The van der Waals surface area contributed by atoms with Crippen molar-refractivity contribution >= 4 is 17.0 Å². The Labute approximate surface area is 114 Å². The Morgan fingerprint density at radius 3 is 2.84 bits per heavy atom. The molecule has 1 unspecified atom stereocenters. The van der Waals surface area contributed by atoms with Gasteiger partial charge in [0.1, 0.15) is 17.4 Å². The lowest BCUT2D eigenvalue weighted by Gasteiger charge is -2.18. The molecule has 0 fully saturated rings. The van der Waals surface area contributed by atoms with E-state index in [0.29, 0.717) is 12.1 Å². The number of benzene rings is 1. The average Bonchev–Trinajstić information content (AvgIpc) is 2.92. The van der Waals surface area contributed by atoms with Crippen LogP contribution in [0.4, 0.5) is 10.1 Å². The van der Waals surface area contributed by atoms with Gasteiger partial charge in [-0.1, -0.05) is 12.1 Å². The molecule has 19 heavy (non-hydrogen) atoms. The van der Waals surface area contributed by atoms with E-state index >= 15 is 0 Å². The second-order valence-corrected chi connectivity index (χ2v) is 4.98. The molecular weight excluding hydrogens is 263 g/mol. The lowest BCUT2D eigenvalue weighted by atomic mass is 10.1. The molecule has 3 nitrogen and oxygen atoms in total. The molecule has 2 rings (SSSR count). The predicted molar refractivity (Wildman–Crippen MR) is 73.5 cm³/mol. The van der Waals surface area contributed by atoms with Crippen molar-refractivity contribution in [1.29, 1.82) is 5.26 Å². The summed E-state index contributed by atoms with van der Waals surface area (Å²) in [7, 11) is 0. The zero-order chi connectivity index (χ0) is 13.7. The van der Waals surface area contributed by atoms with Crippen molar-refractivity contribution in [2.75, 3.05) is 11.9 Å². The highest BCUT2D eigenvalue weighted by Gasteiger charge is 2.15. The molecule has 0 aliphatic heterocycles. The number of thiophene rings is 1. The summed E-state index contributed by atoms with van der Waals surface area (Å²) in [4.78, 5) is 1.04. The van der Waals surface area contributed by atoms with E-state index in [1.165, 1.54) is 6.07 Å². The van der Waals surface area contributed by atoms with Crippen LogP contribution in [0.3, 0.4) is 0 Å². The van der Waals surface area contributed by atoms with Gasteiger partial charge in [-0.15, -0.1) is 11.3 Å². The molecule has 2 aromatic rings. The predicted octanol–water partition coefficient (Wildman–Crippen LogP) is 3.29. The number of aliphatic hydroxyl groups is 1. The summed E-state index contributed by atoms with van der Waals surface area (Å²) < 4.78 is 13.5. The molecule has 0 aliphatic rings. The van der Waals surface area contributed by atoms with Gasteiger partial charge < -0.3 is 10.4 Å². The van der Waals surface area contributed by atoms with E-state index in [-0.39, 0.29) is 18.2 Å². The first kappa shape index (κ1) is 13.5. The standard InChI is InChI=1S/C14H13FN2OS/c15-11-3-1-4-12(10(11)9-16)17-13(6-7-18)14-5-2-8-19-14/h1-5,8,13,17-18H,6-7H2. The lowest BCUT2D eigenvalue weighted by molar-refractivity contribution is 0.280. The Hall–Kier alpha value is -1.90. The number of halogens is 1. The number of nitrogens with zero attached hydrogens (tertiary/aromatic N) is 1. The third kappa shape index (κ3) is 3.11. The molecule has 0 saturated heterocycles. The number of nitrogens with one attached hydrogen (secondary N) is 1. The zero-order valence-corrected chi connectivity index (χ0v) is 11.0. The van der Waals surface area contributed by atoms with Crippen LogP contribution in [0.1, 0.15) is 22.9 Å². The third-order valence-corrected chi connectivity index (χ3v) is 3.75. The Kier molecular flexibility index (Phi) is 4.50. The summed E-state index contributed by atoms with van der Waals surface area (Å²) in [6, 6.07) is 10.1. The average molecular weight is 276 g/mol. The summed E-state index contributed by atoms with van der Waals surface area (Å²) in [5.41, 5.74) is 0.455. The summed E-state index contributed by atoms with van der Waals surface area (Å²) in [5, 5.41) is 23.2. The van der Waals surface area contributed by atoms with E-state index in [2.05, 4.69) is 5.32 Å². The Bertz CT molecular complexity index is 578. The largest absolute Gasteiger partial charge is 0.396 e. The number of anilines is 1. The Morgan fingerprint density at radius 2 is 2.21 bits per heavy atom. The van der Waals surface area contributed by atoms with Crippen LogP contribution in [0.25, 0.3) is 0 Å². The third-order valence-electron chi connectivity index (χ3n) is 2.76.